The fourth-order valence-corrected chi connectivity index (χ4v) is 4.74. The molecule has 0 radical (unpaired) electrons. The molecule has 0 aliphatic carbocycles. The van der Waals surface area contributed by atoms with E-state index in [1.807, 2.05) is 12.1 Å². The Morgan fingerprint density at radius 2 is 1.82 bits per heavy atom. The molecule has 0 fully saturated rings. The first-order chi connectivity index (χ1) is 16.6. The molecule has 1 aromatic heterocycles. The number of pyridine rings is 1. The first-order valence-corrected chi connectivity index (χ1v) is 11.6. The molecular weight excluding hydrogens is 430 g/mol. The number of aromatic nitrogens is 1. The van der Waals surface area contributed by atoms with Crippen molar-refractivity contribution in [3.8, 4) is 17.2 Å². The molecule has 2 heterocycles. The quantitative estimate of drug-likeness (QED) is 0.336. The van der Waals surface area contributed by atoms with Crippen molar-refractivity contribution >= 4 is 0 Å². The third-order valence-electron chi connectivity index (χ3n) is 6.44. The molecule has 34 heavy (non-hydrogen) atoms. The van der Waals surface area contributed by atoms with Gasteiger partial charge in [-0.1, -0.05) is 35.5 Å². The number of methoxy groups -OCH3 is 2. The van der Waals surface area contributed by atoms with Gasteiger partial charge in [0.15, 0.2) is 11.5 Å². The zero-order valence-corrected chi connectivity index (χ0v) is 19.7. The van der Waals surface area contributed by atoms with Crippen molar-refractivity contribution in [2.45, 2.75) is 38.3 Å². The van der Waals surface area contributed by atoms with Crippen molar-refractivity contribution in [3.05, 3.63) is 87.6 Å². The Hall–Kier alpha value is -3.45. The maximum Gasteiger partial charge on any atom is 0.161 e. The fraction of sp³-hybridized carbons (Fsp3) is 0.370. The number of ether oxygens (including phenoxy) is 2. The second kappa shape index (κ2) is 11.1. The maximum absolute atomic E-state index is 10.6. The lowest BCUT2D eigenvalue weighted by atomic mass is 9.87. The molecule has 0 bridgehead atoms. The Balaban J connectivity index is 1.49. The number of nitroso groups, excluding NO2 is 1. The minimum atomic E-state index is -0.111. The van der Waals surface area contributed by atoms with E-state index >= 15 is 0 Å². The average molecular weight is 462 g/mol. The molecule has 0 spiro atoms. The van der Waals surface area contributed by atoms with Gasteiger partial charge in [0.2, 0.25) is 0 Å². The number of aromatic hydroxyl groups is 1. The van der Waals surface area contributed by atoms with Gasteiger partial charge >= 0.3 is 0 Å². The van der Waals surface area contributed by atoms with E-state index in [9.17, 15) is 10.0 Å². The minimum Gasteiger partial charge on any atom is -0.506 e. The summed E-state index contributed by atoms with van der Waals surface area (Å²) in [4.78, 5) is 17.5. The number of hydrogen-bond acceptors (Lipinski definition) is 7. The molecule has 178 valence electrons. The summed E-state index contributed by atoms with van der Waals surface area (Å²) >= 11 is 0. The Morgan fingerprint density at radius 3 is 2.56 bits per heavy atom. The van der Waals surface area contributed by atoms with Crippen LogP contribution in [0.5, 0.6) is 17.2 Å². The van der Waals surface area contributed by atoms with Crippen LogP contribution in [0.4, 0.5) is 0 Å². The molecule has 1 atom stereocenters. The Kier molecular flexibility index (Phi) is 7.75. The molecule has 2 aromatic carbocycles. The molecule has 1 N–H and O–H groups in total. The fourth-order valence-electron chi connectivity index (χ4n) is 4.74. The maximum atomic E-state index is 10.6. The van der Waals surface area contributed by atoms with Crippen LogP contribution in [0, 0.1) is 4.91 Å². The van der Waals surface area contributed by atoms with E-state index in [0.29, 0.717) is 5.69 Å². The van der Waals surface area contributed by atoms with E-state index in [4.69, 9.17) is 9.47 Å². The third-order valence-corrected chi connectivity index (χ3v) is 6.44. The largest absolute Gasteiger partial charge is 0.506 e. The summed E-state index contributed by atoms with van der Waals surface area (Å²) in [6, 6.07) is 18.4. The molecule has 1 unspecified atom stereocenters. The number of aryl methyl sites for hydroxylation is 1. The van der Waals surface area contributed by atoms with Crippen molar-refractivity contribution in [1.82, 2.24) is 9.88 Å². The van der Waals surface area contributed by atoms with Crippen LogP contribution in [0.1, 0.15) is 47.0 Å². The van der Waals surface area contributed by atoms with Gasteiger partial charge in [0.05, 0.1) is 20.3 Å². The summed E-state index contributed by atoms with van der Waals surface area (Å²) in [6.07, 6.45) is 3.72. The highest BCUT2D eigenvalue weighted by Gasteiger charge is 2.30. The smallest absolute Gasteiger partial charge is 0.161 e. The molecule has 0 saturated carbocycles. The highest BCUT2D eigenvalue weighted by atomic mass is 16.5. The summed E-state index contributed by atoms with van der Waals surface area (Å²) in [6.45, 7) is 1.81. The highest BCUT2D eigenvalue weighted by Crippen LogP contribution is 2.41. The number of nitrogens with zero attached hydrogens (tertiary/aromatic N) is 3. The van der Waals surface area contributed by atoms with Crippen molar-refractivity contribution in [2.24, 2.45) is 5.18 Å². The zero-order chi connectivity index (χ0) is 23.9. The van der Waals surface area contributed by atoms with E-state index < -0.39 is 0 Å². The predicted molar refractivity (Wildman–Crippen MR) is 131 cm³/mol. The van der Waals surface area contributed by atoms with E-state index in [1.165, 1.54) is 16.7 Å². The molecule has 1 aliphatic heterocycles. The molecule has 0 saturated heterocycles. The van der Waals surface area contributed by atoms with Gasteiger partial charge in [-0.3, -0.25) is 9.88 Å². The number of benzene rings is 2. The molecule has 7 nitrogen and oxygen atoms in total. The van der Waals surface area contributed by atoms with Gasteiger partial charge in [-0.15, -0.1) is 0 Å². The van der Waals surface area contributed by atoms with Crippen LogP contribution in [-0.4, -0.2) is 42.3 Å². The number of hydrogen-bond donors (Lipinski definition) is 1. The standard InChI is InChI=1S/C27H31N3O4/c1-33-25-16-20-13-15-30(14-7-6-10-21-11-12-24(31)23(29-21)18-28-32)27(19-8-4-3-5-9-19)22(20)17-26(25)34-2/h3-5,8-9,11-12,16-17,27,31H,6-7,10,13-15,18H2,1-2H3. The normalized spacial score (nSPS) is 15.5. The zero-order valence-electron chi connectivity index (χ0n) is 19.7. The van der Waals surface area contributed by atoms with Gasteiger partial charge in [0.1, 0.15) is 18.0 Å². The van der Waals surface area contributed by atoms with Gasteiger partial charge in [-0.25, -0.2) is 0 Å². The van der Waals surface area contributed by atoms with Crippen LogP contribution < -0.4 is 9.47 Å². The lowest BCUT2D eigenvalue weighted by molar-refractivity contribution is 0.208. The number of rotatable bonds is 10. The topological polar surface area (TPSA) is 84.3 Å². The molecule has 1 aliphatic rings. The van der Waals surface area contributed by atoms with Gasteiger partial charge in [0, 0.05) is 12.2 Å². The summed E-state index contributed by atoms with van der Waals surface area (Å²) in [5, 5.41) is 12.7. The number of fused-ring (bicyclic) bond motifs is 1. The van der Waals surface area contributed by atoms with E-state index in [2.05, 4.69) is 51.5 Å². The van der Waals surface area contributed by atoms with Gasteiger partial charge < -0.3 is 14.6 Å². The van der Waals surface area contributed by atoms with Crippen molar-refractivity contribution < 1.29 is 14.6 Å². The van der Waals surface area contributed by atoms with E-state index in [0.717, 1.165) is 56.0 Å². The minimum absolute atomic E-state index is 0.0214. The Morgan fingerprint density at radius 1 is 1.06 bits per heavy atom. The first kappa shape index (κ1) is 23.7. The van der Waals surface area contributed by atoms with Crippen molar-refractivity contribution in [3.63, 3.8) is 0 Å². The van der Waals surface area contributed by atoms with Crippen LogP contribution in [0.25, 0.3) is 0 Å². The van der Waals surface area contributed by atoms with Gasteiger partial charge in [0.25, 0.3) is 0 Å². The van der Waals surface area contributed by atoms with Crippen LogP contribution in [0.15, 0.2) is 59.8 Å². The van der Waals surface area contributed by atoms with E-state index in [1.54, 1.807) is 20.3 Å². The van der Waals surface area contributed by atoms with Crippen LogP contribution in [0.3, 0.4) is 0 Å². The Bertz CT molecular complexity index is 1120. The van der Waals surface area contributed by atoms with Crippen LogP contribution >= 0.6 is 0 Å². The first-order valence-electron chi connectivity index (χ1n) is 11.6. The summed E-state index contributed by atoms with van der Waals surface area (Å²) in [5.74, 6) is 1.54. The summed E-state index contributed by atoms with van der Waals surface area (Å²) < 4.78 is 11.1. The van der Waals surface area contributed by atoms with E-state index in [-0.39, 0.29) is 18.3 Å². The monoisotopic (exact) mass is 461 g/mol. The third kappa shape index (κ3) is 5.20. The van der Waals surface area contributed by atoms with Gasteiger partial charge in [-0.2, -0.15) is 4.91 Å². The highest BCUT2D eigenvalue weighted by molar-refractivity contribution is 5.51. The summed E-state index contributed by atoms with van der Waals surface area (Å²) in [7, 11) is 3.35. The summed E-state index contributed by atoms with van der Waals surface area (Å²) in [5.41, 5.74) is 5.04. The predicted octanol–water partition coefficient (Wildman–Crippen LogP) is 5.04. The molecule has 3 aromatic rings. The van der Waals surface area contributed by atoms with Crippen molar-refractivity contribution in [2.75, 3.05) is 27.3 Å². The molecular formula is C27H31N3O4. The van der Waals surface area contributed by atoms with Crippen LogP contribution in [0.2, 0.25) is 0 Å². The lowest BCUT2D eigenvalue weighted by Gasteiger charge is -2.38. The van der Waals surface area contributed by atoms with Crippen molar-refractivity contribution in [1.29, 1.82) is 0 Å². The molecule has 4 rings (SSSR count). The van der Waals surface area contributed by atoms with Crippen LogP contribution in [-0.2, 0) is 19.4 Å². The average Bonchev–Trinajstić information content (AvgIpc) is 2.87. The lowest BCUT2D eigenvalue weighted by Crippen LogP contribution is -2.37. The molecule has 0 amide bonds. The SMILES string of the molecule is COc1cc2c(cc1OC)C(c1ccccc1)N(CCCCc1ccc(O)c(CN=O)n1)CC2. The Labute approximate surface area is 200 Å². The van der Waals surface area contributed by atoms with Gasteiger partial charge in [-0.05, 0) is 73.2 Å². The molecule has 7 heteroatoms. The second-order valence-corrected chi connectivity index (χ2v) is 8.52. The number of unbranched alkanes of at least 4 members (excludes halogenated alkanes) is 1. The second-order valence-electron chi connectivity index (χ2n) is 8.52.